The van der Waals surface area contributed by atoms with E-state index in [1.54, 1.807) is 11.3 Å². The van der Waals surface area contributed by atoms with Crippen LogP contribution in [0.1, 0.15) is 45.3 Å². The van der Waals surface area contributed by atoms with Crippen LogP contribution in [0.15, 0.2) is 28.6 Å². The van der Waals surface area contributed by atoms with Crippen molar-refractivity contribution in [2.24, 2.45) is 10.7 Å². The van der Waals surface area contributed by atoms with Gasteiger partial charge in [-0.2, -0.15) is 0 Å². The van der Waals surface area contributed by atoms with Gasteiger partial charge in [-0.3, -0.25) is 0 Å². The average molecular weight is 504 g/mol. The molecule has 0 amide bonds. The van der Waals surface area contributed by atoms with E-state index in [0.29, 0.717) is 31.5 Å². The van der Waals surface area contributed by atoms with Gasteiger partial charge in [0.15, 0.2) is 5.96 Å². The third-order valence-corrected chi connectivity index (χ3v) is 4.75. The van der Waals surface area contributed by atoms with Gasteiger partial charge in [-0.15, -0.1) is 35.3 Å². The Morgan fingerprint density at radius 1 is 1.22 bits per heavy atom. The van der Waals surface area contributed by atoms with Crippen molar-refractivity contribution in [2.75, 3.05) is 18.5 Å². The van der Waals surface area contributed by atoms with Crippen molar-refractivity contribution >= 4 is 47.0 Å². The van der Waals surface area contributed by atoms with Crippen LogP contribution in [-0.4, -0.2) is 24.2 Å². The second-order valence-corrected chi connectivity index (χ2v) is 7.60. The molecule has 0 spiro atoms. The van der Waals surface area contributed by atoms with Crippen LogP contribution in [0.5, 0.6) is 11.5 Å². The van der Waals surface area contributed by atoms with E-state index < -0.39 is 0 Å². The highest BCUT2D eigenvalue weighted by molar-refractivity contribution is 14.0. The molecule has 2 rings (SSSR count). The van der Waals surface area contributed by atoms with Crippen LogP contribution in [0, 0.1) is 0 Å². The molecule has 1 heterocycles. The number of aromatic nitrogens is 1. The Balaban J connectivity index is 0.00000364. The lowest BCUT2D eigenvalue weighted by Gasteiger charge is -2.14. The summed E-state index contributed by atoms with van der Waals surface area (Å²) in [4.78, 5) is 9.02. The van der Waals surface area contributed by atoms with Gasteiger partial charge in [0.2, 0.25) is 0 Å². The van der Waals surface area contributed by atoms with Crippen LogP contribution in [0.4, 0.5) is 5.69 Å². The minimum Gasteiger partial charge on any atom is -0.494 e. The maximum atomic E-state index is 6.05. The molecule has 0 saturated carbocycles. The van der Waals surface area contributed by atoms with Gasteiger partial charge in [0.25, 0.3) is 0 Å². The maximum absolute atomic E-state index is 6.05. The fraction of sp³-hybridized carbons (Fsp3) is 0.474. The predicted molar refractivity (Wildman–Crippen MR) is 124 cm³/mol. The molecule has 0 saturated heterocycles. The van der Waals surface area contributed by atoms with Gasteiger partial charge >= 0.3 is 0 Å². The van der Waals surface area contributed by atoms with Gasteiger partial charge in [-0.25, -0.2) is 9.98 Å². The van der Waals surface area contributed by atoms with E-state index in [0.717, 1.165) is 22.1 Å². The minimum atomic E-state index is 0. The summed E-state index contributed by atoms with van der Waals surface area (Å²) in [7, 11) is 0. The summed E-state index contributed by atoms with van der Waals surface area (Å²) < 4.78 is 11.2. The Morgan fingerprint density at radius 3 is 2.52 bits per heavy atom. The van der Waals surface area contributed by atoms with Crippen molar-refractivity contribution in [1.82, 2.24) is 4.98 Å². The zero-order valence-electron chi connectivity index (χ0n) is 16.5. The third kappa shape index (κ3) is 7.17. The summed E-state index contributed by atoms with van der Waals surface area (Å²) in [6, 6.07) is 5.59. The second kappa shape index (κ2) is 10.7. The molecule has 0 radical (unpaired) electrons. The normalized spacial score (nSPS) is 11.7. The number of guanidine groups is 1. The Bertz CT molecular complexity index is 756. The summed E-state index contributed by atoms with van der Waals surface area (Å²) in [5.41, 5.74) is 7.74. The Kier molecular flexibility index (Phi) is 9.31. The van der Waals surface area contributed by atoms with Gasteiger partial charge in [0.05, 0.1) is 36.1 Å². The first kappa shape index (κ1) is 23.5. The molecule has 0 bridgehead atoms. The monoisotopic (exact) mass is 504 g/mol. The highest BCUT2D eigenvalue weighted by Gasteiger charge is 2.17. The number of halogens is 1. The zero-order chi connectivity index (χ0) is 19.2. The minimum absolute atomic E-state index is 0. The number of benzene rings is 1. The van der Waals surface area contributed by atoms with Crippen molar-refractivity contribution in [3.8, 4) is 11.5 Å². The average Bonchev–Trinajstić information content (AvgIpc) is 3.05. The van der Waals surface area contributed by atoms with Gasteiger partial charge in [-0.1, -0.05) is 20.8 Å². The Morgan fingerprint density at radius 2 is 1.93 bits per heavy atom. The number of hydrogen-bond donors (Lipinski definition) is 2. The summed E-state index contributed by atoms with van der Waals surface area (Å²) in [6.07, 6.45) is 0. The van der Waals surface area contributed by atoms with Gasteiger partial charge < -0.3 is 20.5 Å². The van der Waals surface area contributed by atoms with Crippen LogP contribution >= 0.6 is 35.3 Å². The molecule has 0 unspecified atom stereocenters. The first-order valence-electron chi connectivity index (χ1n) is 8.75. The molecule has 2 aromatic rings. The molecule has 6 nitrogen and oxygen atoms in total. The number of thiazole rings is 1. The number of ether oxygens (including phenoxy) is 2. The first-order chi connectivity index (χ1) is 12.3. The van der Waals surface area contributed by atoms with Crippen LogP contribution in [-0.2, 0) is 12.0 Å². The molecule has 27 heavy (non-hydrogen) atoms. The number of nitrogens with zero attached hydrogens (tertiary/aromatic N) is 2. The fourth-order valence-corrected chi connectivity index (χ4v) is 3.11. The van der Waals surface area contributed by atoms with Gasteiger partial charge in [-0.05, 0) is 26.0 Å². The number of hydrogen-bond acceptors (Lipinski definition) is 5. The smallest absolute Gasteiger partial charge is 0.193 e. The summed E-state index contributed by atoms with van der Waals surface area (Å²) >= 11 is 1.65. The zero-order valence-corrected chi connectivity index (χ0v) is 19.7. The highest BCUT2D eigenvalue weighted by atomic mass is 127. The quantitative estimate of drug-likeness (QED) is 0.322. The van der Waals surface area contributed by atoms with E-state index in [2.05, 4.69) is 36.1 Å². The second-order valence-electron chi connectivity index (χ2n) is 6.74. The summed E-state index contributed by atoms with van der Waals surface area (Å²) in [5.74, 6) is 1.77. The number of rotatable bonds is 7. The molecular weight excluding hydrogens is 475 g/mol. The van der Waals surface area contributed by atoms with Gasteiger partial charge in [0, 0.05) is 16.9 Å². The Hall–Kier alpha value is -1.55. The molecule has 0 aliphatic heterocycles. The van der Waals surface area contributed by atoms with Crippen molar-refractivity contribution in [1.29, 1.82) is 0 Å². The molecule has 0 fully saturated rings. The van der Waals surface area contributed by atoms with E-state index >= 15 is 0 Å². The third-order valence-electron chi connectivity index (χ3n) is 3.43. The van der Waals surface area contributed by atoms with Crippen LogP contribution in [0.3, 0.4) is 0 Å². The van der Waals surface area contributed by atoms with Crippen LogP contribution in [0.2, 0.25) is 0 Å². The number of anilines is 1. The molecule has 0 atom stereocenters. The van der Waals surface area contributed by atoms with Crippen LogP contribution in [0.25, 0.3) is 0 Å². The molecule has 8 heteroatoms. The van der Waals surface area contributed by atoms with Crippen molar-refractivity contribution in [2.45, 2.75) is 46.6 Å². The number of nitrogens with two attached hydrogens (primary N) is 1. The molecular formula is C19H29IN4O2S. The van der Waals surface area contributed by atoms with E-state index in [4.69, 9.17) is 15.2 Å². The predicted octanol–water partition coefficient (Wildman–Crippen LogP) is 4.78. The molecule has 1 aromatic carbocycles. The van der Waals surface area contributed by atoms with Crippen molar-refractivity contribution in [3.63, 3.8) is 0 Å². The summed E-state index contributed by atoms with van der Waals surface area (Å²) in [5, 5.41) is 6.22. The molecule has 0 aliphatic rings. The first-order valence-corrected chi connectivity index (χ1v) is 9.63. The van der Waals surface area contributed by atoms with E-state index in [9.17, 15) is 0 Å². The lowest BCUT2D eigenvalue weighted by molar-refractivity contribution is 0.332. The molecule has 0 aliphatic carbocycles. The lowest BCUT2D eigenvalue weighted by Crippen LogP contribution is -2.23. The lowest BCUT2D eigenvalue weighted by atomic mass is 9.98. The summed E-state index contributed by atoms with van der Waals surface area (Å²) in [6.45, 7) is 11.9. The standard InChI is InChI=1S/C19H28N4O2S.HI/c1-6-24-14-8-9-16(25-7-2)15(10-14)23-18(20)21-11-13-12-26-17(22-13)19(3,4)5;/h8-10,12H,6-7,11H2,1-5H3,(H3,20,21,23);1H. The largest absolute Gasteiger partial charge is 0.494 e. The van der Waals surface area contributed by atoms with Crippen molar-refractivity contribution in [3.05, 3.63) is 34.3 Å². The van der Waals surface area contributed by atoms with Crippen molar-refractivity contribution < 1.29 is 9.47 Å². The molecule has 3 N–H and O–H groups in total. The number of aliphatic imine (C=N–C) groups is 1. The number of nitrogens with one attached hydrogen (secondary N) is 1. The molecule has 150 valence electrons. The van der Waals surface area contributed by atoms with Crippen LogP contribution < -0.4 is 20.5 Å². The topological polar surface area (TPSA) is 81.8 Å². The molecule has 1 aromatic heterocycles. The van der Waals surface area contributed by atoms with E-state index in [1.165, 1.54) is 0 Å². The Labute approximate surface area is 182 Å². The fourth-order valence-electron chi connectivity index (χ4n) is 2.21. The van der Waals surface area contributed by atoms with E-state index in [1.807, 2.05) is 37.4 Å². The van der Waals surface area contributed by atoms with Gasteiger partial charge in [0.1, 0.15) is 11.5 Å². The maximum Gasteiger partial charge on any atom is 0.193 e. The van der Waals surface area contributed by atoms with E-state index in [-0.39, 0.29) is 29.4 Å². The highest BCUT2D eigenvalue weighted by Crippen LogP contribution is 2.29. The SMILES string of the molecule is CCOc1ccc(OCC)c(NC(N)=NCc2csc(C(C)(C)C)n2)c1.I.